The number of amides is 1. The lowest BCUT2D eigenvalue weighted by molar-refractivity contribution is -0.122. The SMILES string of the molecule is CCCc1cc(=O)oc2c(C)c(OC(C)C(=O)Nc3nc(C)n(C)n3)ccc12. The highest BCUT2D eigenvalue weighted by atomic mass is 16.5. The number of ether oxygens (including phenoxy) is 1. The molecule has 0 spiro atoms. The van der Waals surface area contributed by atoms with Crippen LogP contribution in [0.4, 0.5) is 5.95 Å². The zero-order valence-corrected chi connectivity index (χ0v) is 16.7. The number of aryl methyl sites for hydroxylation is 4. The first-order chi connectivity index (χ1) is 13.3. The summed E-state index contributed by atoms with van der Waals surface area (Å²) in [7, 11) is 1.75. The van der Waals surface area contributed by atoms with Crippen LogP contribution in [0.3, 0.4) is 0 Å². The molecule has 1 N–H and O–H groups in total. The first kappa shape index (κ1) is 19.6. The van der Waals surface area contributed by atoms with E-state index in [0.29, 0.717) is 22.7 Å². The monoisotopic (exact) mass is 384 g/mol. The van der Waals surface area contributed by atoms with E-state index < -0.39 is 11.7 Å². The van der Waals surface area contributed by atoms with Crippen molar-refractivity contribution in [1.29, 1.82) is 0 Å². The Hall–Kier alpha value is -3.16. The second kappa shape index (κ2) is 7.84. The first-order valence-electron chi connectivity index (χ1n) is 9.21. The fraction of sp³-hybridized carbons (Fsp3) is 0.400. The molecule has 2 aromatic heterocycles. The number of aromatic nitrogens is 3. The van der Waals surface area contributed by atoms with Gasteiger partial charge in [-0.2, -0.15) is 4.98 Å². The third kappa shape index (κ3) is 3.90. The van der Waals surface area contributed by atoms with Crippen LogP contribution in [0.5, 0.6) is 5.75 Å². The summed E-state index contributed by atoms with van der Waals surface area (Å²) in [4.78, 5) is 28.5. The summed E-state index contributed by atoms with van der Waals surface area (Å²) in [5.41, 5.74) is 1.73. The molecule has 0 aliphatic heterocycles. The third-order valence-corrected chi connectivity index (χ3v) is 4.60. The van der Waals surface area contributed by atoms with Gasteiger partial charge in [-0.1, -0.05) is 13.3 Å². The minimum atomic E-state index is -0.786. The largest absolute Gasteiger partial charge is 0.480 e. The number of carbonyl (C=O) groups excluding carboxylic acids is 1. The van der Waals surface area contributed by atoms with Gasteiger partial charge in [0.1, 0.15) is 17.2 Å². The average molecular weight is 384 g/mol. The normalized spacial score (nSPS) is 12.2. The van der Waals surface area contributed by atoms with Crippen LogP contribution in [0.15, 0.2) is 27.4 Å². The molecule has 148 valence electrons. The number of anilines is 1. The summed E-state index contributed by atoms with van der Waals surface area (Å²) in [6, 6.07) is 5.19. The van der Waals surface area contributed by atoms with Crippen LogP contribution in [-0.2, 0) is 18.3 Å². The van der Waals surface area contributed by atoms with Gasteiger partial charge in [-0.25, -0.2) is 4.79 Å². The topological polar surface area (TPSA) is 99.2 Å². The number of hydrogen-bond donors (Lipinski definition) is 1. The van der Waals surface area contributed by atoms with Gasteiger partial charge in [-0.15, -0.1) is 5.10 Å². The summed E-state index contributed by atoms with van der Waals surface area (Å²) in [6.07, 6.45) is 0.927. The van der Waals surface area contributed by atoms with E-state index in [1.54, 1.807) is 31.6 Å². The van der Waals surface area contributed by atoms with Crippen molar-refractivity contribution in [3.05, 3.63) is 45.6 Å². The predicted molar refractivity (Wildman–Crippen MR) is 106 cm³/mol. The van der Waals surface area contributed by atoms with E-state index in [-0.39, 0.29) is 11.9 Å². The average Bonchev–Trinajstić information content (AvgIpc) is 2.95. The molecule has 1 unspecified atom stereocenters. The molecule has 8 heteroatoms. The molecule has 0 radical (unpaired) electrons. The summed E-state index contributed by atoms with van der Waals surface area (Å²) >= 11 is 0. The lowest BCUT2D eigenvalue weighted by Crippen LogP contribution is -2.30. The zero-order valence-electron chi connectivity index (χ0n) is 16.7. The summed E-state index contributed by atoms with van der Waals surface area (Å²) < 4.78 is 12.8. The number of nitrogens with one attached hydrogen (secondary N) is 1. The maximum atomic E-state index is 12.4. The summed E-state index contributed by atoms with van der Waals surface area (Å²) in [5, 5.41) is 7.62. The Morgan fingerprint density at radius 3 is 2.75 bits per heavy atom. The second-order valence-corrected chi connectivity index (χ2v) is 6.76. The van der Waals surface area contributed by atoms with Crippen molar-refractivity contribution in [2.24, 2.45) is 7.05 Å². The van der Waals surface area contributed by atoms with Gasteiger partial charge in [-0.05, 0) is 44.9 Å². The van der Waals surface area contributed by atoms with Crippen LogP contribution in [0.25, 0.3) is 11.0 Å². The van der Waals surface area contributed by atoms with E-state index in [9.17, 15) is 9.59 Å². The van der Waals surface area contributed by atoms with Gasteiger partial charge in [0.05, 0.1) is 0 Å². The molecule has 0 aliphatic carbocycles. The van der Waals surface area contributed by atoms with Crippen molar-refractivity contribution in [2.45, 2.75) is 46.6 Å². The summed E-state index contributed by atoms with van der Waals surface area (Å²) in [5.74, 6) is 1.03. The van der Waals surface area contributed by atoms with Crippen LogP contribution >= 0.6 is 0 Å². The van der Waals surface area contributed by atoms with Crippen molar-refractivity contribution < 1.29 is 13.9 Å². The quantitative estimate of drug-likeness (QED) is 0.656. The van der Waals surface area contributed by atoms with Gasteiger partial charge in [0.15, 0.2) is 6.10 Å². The fourth-order valence-corrected chi connectivity index (χ4v) is 2.98. The molecule has 8 nitrogen and oxygen atoms in total. The standard InChI is InChI=1S/C20H24N4O4/c1-6-7-14-10-17(25)28-18-11(2)16(9-8-15(14)18)27-12(3)19(26)22-20-21-13(4)24(5)23-20/h8-10,12H,6-7H2,1-5H3,(H,22,23,26). The van der Waals surface area contributed by atoms with E-state index >= 15 is 0 Å². The van der Waals surface area contributed by atoms with Crippen molar-refractivity contribution in [3.63, 3.8) is 0 Å². The predicted octanol–water partition coefficient (Wildman–Crippen LogP) is 2.90. The second-order valence-electron chi connectivity index (χ2n) is 6.76. The molecule has 0 bridgehead atoms. The van der Waals surface area contributed by atoms with Crippen LogP contribution in [-0.4, -0.2) is 26.8 Å². The zero-order chi connectivity index (χ0) is 20.4. The lowest BCUT2D eigenvalue weighted by atomic mass is 10.0. The molecule has 2 heterocycles. The Labute approximate surface area is 162 Å². The van der Waals surface area contributed by atoms with Gasteiger partial charge < -0.3 is 9.15 Å². The van der Waals surface area contributed by atoms with E-state index in [0.717, 1.165) is 23.8 Å². The number of carbonyl (C=O) groups is 1. The minimum Gasteiger partial charge on any atom is -0.480 e. The van der Waals surface area contributed by atoms with E-state index in [1.807, 2.05) is 13.0 Å². The number of rotatable bonds is 6. The van der Waals surface area contributed by atoms with Gasteiger partial charge >= 0.3 is 5.63 Å². The highest BCUT2D eigenvalue weighted by Crippen LogP contribution is 2.29. The van der Waals surface area contributed by atoms with Gasteiger partial charge in [0, 0.05) is 24.1 Å². The first-order valence-corrected chi connectivity index (χ1v) is 9.21. The van der Waals surface area contributed by atoms with Gasteiger partial charge in [0.2, 0.25) is 5.95 Å². The molecule has 1 aromatic carbocycles. The van der Waals surface area contributed by atoms with E-state index in [1.165, 1.54) is 6.07 Å². The number of fused-ring (bicyclic) bond motifs is 1. The number of hydrogen-bond acceptors (Lipinski definition) is 6. The Morgan fingerprint density at radius 1 is 1.36 bits per heavy atom. The molecule has 0 saturated heterocycles. The van der Waals surface area contributed by atoms with E-state index in [2.05, 4.69) is 22.3 Å². The molecule has 0 aliphatic rings. The van der Waals surface area contributed by atoms with Crippen molar-refractivity contribution in [3.8, 4) is 5.75 Å². The number of benzene rings is 1. The molecule has 3 aromatic rings. The Morgan fingerprint density at radius 2 is 2.11 bits per heavy atom. The fourth-order valence-electron chi connectivity index (χ4n) is 2.98. The molecule has 0 fully saturated rings. The third-order valence-electron chi connectivity index (χ3n) is 4.60. The Bertz CT molecular complexity index is 1060. The Balaban J connectivity index is 1.84. The minimum absolute atomic E-state index is 0.228. The smallest absolute Gasteiger partial charge is 0.336 e. The highest BCUT2D eigenvalue weighted by molar-refractivity contribution is 5.92. The number of nitrogens with zero attached hydrogens (tertiary/aromatic N) is 3. The molecule has 28 heavy (non-hydrogen) atoms. The molecular weight excluding hydrogens is 360 g/mol. The van der Waals surface area contributed by atoms with Gasteiger partial charge in [0.25, 0.3) is 5.91 Å². The molecular formula is C20H24N4O4. The molecule has 3 rings (SSSR count). The molecule has 1 amide bonds. The molecule has 1 atom stereocenters. The maximum Gasteiger partial charge on any atom is 0.336 e. The van der Waals surface area contributed by atoms with Crippen LogP contribution in [0, 0.1) is 13.8 Å². The van der Waals surface area contributed by atoms with Crippen molar-refractivity contribution >= 4 is 22.8 Å². The summed E-state index contributed by atoms with van der Waals surface area (Å²) in [6.45, 7) is 7.30. The van der Waals surface area contributed by atoms with Crippen LogP contribution < -0.4 is 15.7 Å². The van der Waals surface area contributed by atoms with Crippen molar-refractivity contribution in [2.75, 3.05) is 5.32 Å². The maximum absolute atomic E-state index is 12.4. The van der Waals surface area contributed by atoms with Crippen molar-refractivity contribution in [1.82, 2.24) is 14.8 Å². The molecule has 0 saturated carbocycles. The van der Waals surface area contributed by atoms with E-state index in [4.69, 9.17) is 9.15 Å². The van der Waals surface area contributed by atoms with Crippen LogP contribution in [0.1, 0.15) is 37.2 Å². The Kier molecular flexibility index (Phi) is 5.48. The van der Waals surface area contributed by atoms with Gasteiger partial charge in [-0.3, -0.25) is 14.8 Å². The highest BCUT2D eigenvalue weighted by Gasteiger charge is 2.19. The lowest BCUT2D eigenvalue weighted by Gasteiger charge is -2.16. The van der Waals surface area contributed by atoms with Crippen LogP contribution in [0.2, 0.25) is 0 Å².